The van der Waals surface area contributed by atoms with Crippen LogP contribution in [0.15, 0.2) is 60.7 Å². The molecular formula is C38H45FN2O4. The molecule has 0 radical (unpaired) electrons. The van der Waals surface area contributed by atoms with Gasteiger partial charge in [0.15, 0.2) is 5.60 Å². The molecule has 1 aliphatic carbocycles. The smallest absolute Gasteiger partial charge is 0.347 e. The molecule has 5 rings (SSSR count). The second kappa shape index (κ2) is 12.3. The van der Waals surface area contributed by atoms with Crippen LogP contribution < -0.4 is 10.1 Å². The topological polar surface area (TPSA) is 80.6 Å². The summed E-state index contributed by atoms with van der Waals surface area (Å²) in [6.45, 7) is 14.4. The minimum absolute atomic E-state index is 0.0633. The molecular weight excluding hydrogens is 567 g/mol. The lowest BCUT2D eigenvalue weighted by molar-refractivity contribution is -0.152. The number of aliphatic carboxylic acids is 1. The quantitative estimate of drug-likeness (QED) is 0.188. The molecule has 238 valence electrons. The molecule has 1 saturated carbocycles. The van der Waals surface area contributed by atoms with Crippen molar-refractivity contribution in [2.75, 3.05) is 0 Å². The molecule has 4 aromatic rings. The molecule has 1 atom stereocenters. The van der Waals surface area contributed by atoms with Gasteiger partial charge in [-0.05, 0) is 98.4 Å². The molecule has 45 heavy (non-hydrogen) atoms. The van der Waals surface area contributed by atoms with Crippen LogP contribution in [0.3, 0.4) is 0 Å². The molecule has 0 bridgehead atoms. The Morgan fingerprint density at radius 1 is 1.02 bits per heavy atom. The first-order chi connectivity index (χ1) is 21.1. The van der Waals surface area contributed by atoms with Crippen molar-refractivity contribution in [1.82, 2.24) is 9.88 Å². The summed E-state index contributed by atoms with van der Waals surface area (Å²) in [5.41, 5.74) is 5.27. The number of aromatic nitrogens is 1. The standard InChI is InChI=1S/C38H45FN2O4/c1-23(27-11-14-29(15-12-27)37(3,4)5)40-35(42)28-13-16-32-33(24(2)41(34(32)20-28)22-25-9-8-10-25)19-26-17-30(39)21-31(18-26)45-38(6,7)36(43)44/h11-18,20-21,23,25H,8-10,19,22H2,1-7H3,(H,40,42)(H,43,44)/t23-/m0/s1. The van der Waals surface area contributed by atoms with Crippen LogP contribution in [0, 0.1) is 18.7 Å². The highest BCUT2D eigenvalue weighted by molar-refractivity contribution is 5.99. The number of halogens is 1. The summed E-state index contributed by atoms with van der Waals surface area (Å²) < 4.78 is 22.7. The maximum Gasteiger partial charge on any atom is 0.347 e. The number of fused-ring (bicyclic) bond motifs is 1. The molecule has 0 unspecified atom stereocenters. The van der Waals surface area contributed by atoms with Gasteiger partial charge in [-0.3, -0.25) is 4.79 Å². The molecule has 1 aliphatic rings. The van der Waals surface area contributed by atoms with Crippen LogP contribution in [-0.2, 0) is 23.2 Å². The Hall–Kier alpha value is -4.13. The minimum Gasteiger partial charge on any atom is -0.478 e. The van der Waals surface area contributed by atoms with Gasteiger partial charge in [0.2, 0.25) is 0 Å². The predicted octanol–water partition coefficient (Wildman–Crippen LogP) is 8.51. The van der Waals surface area contributed by atoms with Crippen LogP contribution in [0.1, 0.15) is 105 Å². The summed E-state index contributed by atoms with van der Waals surface area (Å²) in [6, 6.07) is 18.5. The fraction of sp³-hybridized carbons (Fsp3) is 0.421. The average Bonchev–Trinajstić information content (AvgIpc) is 3.19. The number of hydrogen-bond acceptors (Lipinski definition) is 3. The van der Waals surface area contributed by atoms with E-state index in [4.69, 9.17) is 4.74 Å². The van der Waals surface area contributed by atoms with E-state index in [9.17, 15) is 19.1 Å². The van der Waals surface area contributed by atoms with Crippen molar-refractivity contribution in [1.29, 1.82) is 0 Å². The van der Waals surface area contributed by atoms with Gasteiger partial charge in [-0.25, -0.2) is 9.18 Å². The lowest BCUT2D eigenvalue weighted by Gasteiger charge is -2.27. The molecule has 7 heteroatoms. The van der Waals surface area contributed by atoms with Crippen molar-refractivity contribution in [2.24, 2.45) is 5.92 Å². The maximum atomic E-state index is 14.7. The second-order valence-corrected chi connectivity index (χ2v) is 14.2. The second-order valence-electron chi connectivity index (χ2n) is 14.2. The van der Waals surface area contributed by atoms with Crippen LogP contribution in [0.5, 0.6) is 5.75 Å². The number of hydrogen-bond donors (Lipinski definition) is 2. The fourth-order valence-corrected chi connectivity index (χ4v) is 6.04. The number of amides is 1. The first kappa shape index (κ1) is 32.3. The van der Waals surface area contributed by atoms with Crippen molar-refractivity contribution in [3.63, 3.8) is 0 Å². The molecule has 0 spiro atoms. The molecule has 0 aliphatic heterocycles. The number of ether oxygens (including phenoxy) is 1. The average molecular weight is 613 g/mol. The van der Waals surface area contributed by atoms with Gasteiger partial charge in [-0.15, -0.1) is 0 Å². The Morgan fingerprint density at radius 2 is 1.71 bits per heavy atom. The molecule has 1 amide bonds. The Labute approximate surface area is 265 Å². The van der Waals surface area contributed by atoms with E-state index in [0.29, 0.717) is 23.5 Å². The van der Waals surface area contributed by atoms with Crippen molar-refractivity contribution >= 4 is 22.8 Å². The van der Waals surface area contributed by atoms with Gasteiger partial charge in [0.1, 0.15) is 11.6 Å². The number of benzene rings is 3. The zero-order chi connectivity index (χ0) is 32.7. The molecule has 6 nitrogen and oxygen atoms in total. The normalized spacial score (nSPS) is 14.7. The first-order valence-electron chi connectivity index (χ1n) is 15.9. The van der Waals surface area contributed by atoms with Gasteiger partial charge in [-0.2, -0.15) is 0 Å². The largest absolute Gasteiger partial charge is 0.478 e. The minimum atomic E-state index is -1.50. The van der Waals surface area contributed by atoms with E-state index in [2.05, 4.69) is 61.8 Å². The summed E-state index contributed by atoms with van der Waals surface area (Å²) in [5, 5.41) is 13.7. The highest BCUT2D eigenvalue weighted by Crippen LogP contribution is 2.35. The van der Waals surface area contributed by atoms with E-state index in [0.717, 1.165) is 34.3 Å². The third-order valence-corrected chi connectivity index (χ3v) is 9.21. The van der Waals surface area contributed by atoms with E-state index < -0.39 is 17.4 Å². The maximum absolute atomic E-state index is 14.7. The van der Waals surface area contributed by atoms with Gasteiger partial charge < -0.3 is 19.7 Å². The van der Waals surface area contributed by atoms with Crippen molar-refractivity contribution in [2.45, 2.75) is 97.8 Å². The lowest BCUT2D eigenvalue weighted by Crippen LogP contribution is -2.37. The molecule has 0 saturated heterocycles. The number of carbonyl (C=O) groups is 2. The summed E-state index contributed by atoms with van der Waals surface area (Å²) >= 11 is 0. The zero-order valence-electron chi connectivity index (χ0n) is 27.5. The van der Waals surface area contributed by atoms with E-state index in [1.54, 1.807) is 6.07 Å². The third kappa shape index (κ3) is 7.08. The Bertz CT molecular complexity index is 1730. The van der Waals surface area contributed by atoms with Crippen LogP contribution in [-0.4, -0.2) is 27.2 Å². The van der Waals surface area contributed by atoms with Gasteiger partial charge in [0.05, 0.1) is 6.04 Å². The number of carboxylic acid groups (broad SMARTS) is 1. The molecule has 1 heterocycles. The number of nitrogens with one attached hydrogen (secondary N) is 1. The molecule has 1 aromatic heterocycles. The summed E-state index contributed by atoms with van der Waals surface area (Å²) in [7, 11) is 0. The van der Waals surface area contributed by atoms with E-state index in [-0.39, 0.29) is 23.1 Å². The first-order valence-corrected chi connectivity index (χ1v) is 15.9. The monoisotopic (exact) mass is 612 g/mol. The predicted molar refractivity (Wildman–Crippen MR) is 177 cm³/mol. The molecule has 1 fully saturated rings. The van der Waals surface area contributed by atoms with Crippen LogP contribution in [0.4, 0.5) is 4.39 Å². The zero-order valence-corrected chi connectivity index (χ0v) is 27.5. The number of rotatable bonds is 10. The highest BCUT2D eigenvalue weighted by atomic mass is 19.1. The van der Waals surface area contributed by atoms with Gasteiger partial charge >= 0.3 is 5.97 Å². The Morgan fingerprint density at radius 3 is 2.31 bits per heavy atom. The number of nitrogens with zero attached hydrogens (tertiary/aromatic N) is 1. The lowest BCUT2D eigenvalue weighted by atomic mass is 9.85. The van der Waals surface area contributed by atoms with Crippen molar-refractivity contribution in [3.8, 4) is 5.75 Å². The third-order valence-electron chi connectivity index (χ3n) is 9.21. The molecule has 3 aromatic carbocycles. The molecule has 2 N–H and O–H groups in total. The highest BCUT2D eigenvalue weighted by Gasteiger charge is 2.30. The van der Waals surface area contributed by atoms with Crippen LogP contribution >= 0.6 is 0 Å². The van der Waals surface area contributed by atoms with Crippen molar-refractivity contribution in [3.05, 3.63) is 100.0 Å². The summed E-state index contributed by atoms with van der Waals surface area (Å²) in [6.07, 6.45) is 4.04. The van der Waals surface area contributed by atoms with E-state index >= 15 is 0 Å². The number of carboxylic acids is 1. The summed E-state index contributed by atoms with van der Waals surface area (Å²) in [4.78, 5) is 25.1. The van der Waals surface area contributed by atoms with Crippen LogP contribution in [0.25, 0.3) is 10.9 Å². The summed E-state index contributed by atoms with van der Waals surface area (Å²) in [5.74, 6) is -0.980. The van der Waals surface area contributed by atoms with Gasteiger partial charge in [-0.1, -0.05) is 57.5 Å². The van der Waals surface area contributed by atoms with Crippen LogP contribution in [0.2, 0.25) is 0 Å². The van der Waals surface area contributed by atoms with Crippen molar-refractivity contribution < 1.29 is 23.8 Å². The Balaban J connectivity index is 1.44. The van der Waals surface area contributed by atoms with E-state index in [1.807, 2.05) is 25.1 Å². The Kier molecular flexibility index (Phi) is 8.85. The SMILES string of the molecule is Cc1c(Cc2cc(F)cc(OC(C)(C)C(=O)O)c2)c2ccc(C(=O)N[C@@H](C)c3ccc(C(C)(C)C)cc3)cc2n1CC1CCC1. The number of carbonyl (C=O) groups excluding carboxylic acids is 1. The van der Waals surface area contributed by atoms with Gasteiger partial charge in [0, 0.05) is 41.2 Å². The van der Waals surface area contributed by atoms with E-state index in [1.165, 1.54) is 50.8 Å². The van der Waals surface area contributed by atoms with Gasteiger partial charge in [0.25, 0.3) is 5.91 Å². The fourth-order valence-electron chi connectivity index (χ4n) is 6.04.